The van der Waals surface area contributed by atoms with Crippen molar-refractivity contribution in [2.75, 3.05) is 12.3 Å². The van der Waals surface area contributed by atoms with Gasteiger partial charge in [-0.15, -0.1) is 0 Å². The molecule has 7 nitrogen and oxygen atoms in total. The Bertz CT molecular complexity index is 643. The quantitative estimate of drug-likeness (QED) is 0.892. The van der Waals surface area contributed by atoms with Crippen LogP contribution in [0.5, 0.6) is 0 Å². The summed E-state index contributed by atoms with van der Waals surface area (Å²) in [6, 6.07) is 0. The number of rotatable bonds is 2. The van der Waals surface area contributed by atoms with Crippen LogP contribution in [0.15, 0.2) is 5.03 Å². The van der Waals surface area contributed by atoms with E-state index in [1.807, 2.05) is 0 Å². The maximum Gasteiger partial charge on any atom is 0.410 e. The van der Waals surface area contributed by atoms with E-state index in [1.54, 1.807) is 27.7 Å². The van der Waals surface area contributed by atoms with E-state index in [1.165, 1.54) is 4.90 Å². The fraction of sp³-hybridized carbons (Fsp3) is 0.692. The number of nitrogens with one attached hydrogen (secondary N) is 1. The van der Waals surface area contributed by atoms with Crippen LogP contribution >= 0.6 is 0 Å². The third-order valence-electron chi connectivity index (χ3n) is 3.22. The third-order valence-corrected chi connectivity index (χ3v) is 4.91. The van der Waals surface area contributed by atoms with Gasteiger partial charge >= 0.3 is 6.09 Å². The van der Waals surface area contributed by atoms with E-state index in [9.17, 15) is 13.2 Å². The molecule has 0 aliphatic carbocycles. The van der Waals surface area contributed by atoms with Crippen LogP contribution in [0.2, 0.25) is 0 Å². The van der Waals surface area contributed by atoms with Crippen LogP contribution in [0.25, 0.3) is 0 Å². The molecule has 1 aliphatic rings. The van der Waals surface area contributed by atoms with Crippen LogP contribution in [-0.2, 0) is 27.5 Å². The molecule has 0 bridgehead atoms. The Morgan fingerprint density at radius 2 is 2.10 bits per heavy atom. The topological polar surface area (TPSA) is 92.4 Å². The summed E-state index contributed by atoms with van der Waals surface area (Å²) in [5.41, 5.74) is 0.780. The molecule has 0 saturated heterocycles. The molecule has 21 heavy (non-hydrogen) atoms. The zero-order valence-electron chi connectivity index (χ0n) is 12.8. The molecule has 0 radical (unpaired) electrons. The molecule has 0 fully saturated rings. The molecule has 1 aliphatic heterocycles. The van der Waals surface area contributed by atoms with Gasteiger partial charge in [-0.05, 0) is 20.8 Å². The van der Waals surface area contributed by atoms with Gasteiger partial charge in [-0.25, -0.2) is 13.2 Å². The first-order chi connectivity index (χ1) is 9.64. The van der Waals surface area contributed by atoms with Crippen molar-refractivity contribution in [1.29, 1.82) is 0 Å². The number of aromatic nitrogens is 2. The fourth-order valence-corrected chi connectivity index (χ4v) is 3.17. The fourth-order valence-electron chi connectivity index (χ4n) is 2.15. The second kappa shape index (κ2) is 5.32. The lowest BCUT2D eigenvalue weighted by atomic mass is 10.1. The summed E-state index contributed by atoms with van der Waals surface area (Å²) in [5.74, 6) is -0.0171. The highest BCUT2D eigenvalue weighted by Crippen LogP contribution is 2.25. The SMILES string of the molecule is CCS(=O)(=O)c1n[nH]c2c1CN(C(=O)OC(C)(C)C)CC2. The second-order valence-corrected chi connectivity index (χ2v) is 8.23. The normalized spacial score (nSPS) is 15.7. The molecule has 0 aromatic carbocycles. The van der Waals surface area contributed by atoms with Gasteiger partial charge in [0.15, 0.2) is 14.9 Å². The smallest absolute Gasteiger partial charge is 0.410 e. The van der Waals surface area contributed by atoms with Gasteiger partial charge in [0.1, 0.15) is 5.60 Å². The summed E-state index contributed by atoms with van der Waals surface area (Å²) in [7, 11) is -3.40. The molecular formula is C13H21N3O4S. The molecule has 1 aromatic rings. The molecule has 2 rings (SSSR count). The molecule has 0 unspecified atom stereocenters. The average molecular weight is 315 g/mol. The Hall–Kier alpha value is -1.57. The highest BCUT2D eigenvalue weighted by atomic mass is 32.2. The van der Waals surface area contributed by atoms with Gasteiger partial charge in [0.2, 0.25) is 0 Å². The van der Waals surface area contributed by atoms with E-state index in [-0.39, 0.29) is 17.3 Å². The van der Waals surface area contributed by atoms with Crippen LogP contribution in [0.4, 0.5) is 4.79 Å². The largest absolute Gasteiger partial charge is 0.444 e. The molecule has 1 N–H and O–H groups in total. The molecule has 0 spiro atoms. The lowest BCUT2D eigenvalue weighted by molar-refractivity contribution is 0.0222. The van der Waals surface area contributed by atoms with Gasteiger partial charge in [0.05, 0.1) is 12.3 Å². The minimum atomic E-state index is -3.40. The molecule has 1 aromatic heterocycles. The number of aromatic amines is 1. The summed E-state index contributed by atoms with van der Waals surface area (Å²) >= 11 is 0. The summed E-state index contributed by atoms with van der Waals surface area (Å²) < 4.78 is 29.4. The molecule has 0 atom stereocenters. The summed E-state index contributed by atoms with van der Waals surface area (Å²) in [5, 5.41) is 6.73. The number of carbonyl (C=O) groups is 1. The van der Waals surface area contributed by atoms with Gasteiger partial charge in [-0.2, -0.15) is 5.10 Å². The van der Waals surface area contributed by atoms with Crippen molar-refractivity contribution in [2.45, 2.75) is 51.3 Å². The minimum absolute atomic E-state index is 0.0171. The van der Waals surface area contributed by atoms with Gasteiger partial charge in [0.25, 0.3) is 0 Å². The highest BCUT2D eigenvalue weighted by Gasteiger charge is 2.31. The van der Waals surface area contributed by atoms with Crippen LogP contribution in [0.1, 0.15) is 39.0 Å². The maximum atomic E-state index is 12.1. The average Bonchev–Trinajstić information content (AvgIpc) is 2.80. The lowest BCUT2D eigenvalue weighted by Gasteiger charge is -2.30. The van der Waals surface area contributed by atoms with Gasteiger partial charge < -0.3 is 9.64 Å². The number of hydrogen-bond donors (Lipinski definition) is 1. The first kappa shape index (κ1) is 15.8. The van der Waals surface area contributed by atoms with E-state index in [2.05, 4.69) is 10.2 Å². The summed E-state index contributed by atoms with van der Waals surface area (Å²) in [4.78, 5) is 13.6. The number of hydrogen-bond acceptors (Lipinski definition) is 5. The number of sulfone groups is 1. The van der Waals surface area contributed by atoms with Crippen molar-refractivity contribution in [2.24, 2.45) is 0 Å². The summed E-state index contributed by atoms with van der Waals surface area (Å²) in [6.45, 7) is 7.65. The van der Waals surface area contributed by atoms with E-state index < -0.39 is 21.5 Å². The zero-order valence-corrected chi connectivity index (χ0v) is 13.6. The van der Waals surface area contributed by atoms with Crippen LogP contribution in [0, 0.1) is 0 Å². The Kier molecular flexibility index (Phi) is 4.01. The summed E-state index contributed by atoms with van der Waals surface area (Å²) in [6.07, 6.45) is 0.107. The first-order valence-corrected chi connectivity index (χ1v) is 8.56. The number of fused-ring (bicyclic) bond motifs is 1. The Morgan fingerprint density at radius 3 is 2.67 bits per heavy atom. The van der Waals surface area contributed by atoms with Crippen molar-refractivity contribution in [1.82, 2.24) is 15.1 Å². The van der Waals surface area contributed by atoms with Gasteiger partial charge in [-0.1, -0.05) is 6.92 Å². The molecule has 118 valence electrons. The van der Waals surface area contributed by atoms with E-state index in [0.29, 0.717) is 18.5 Å². The Balaban J connectivity index is 2.24. The highest BCUT2D eigenvalue weighted by molar-refractivity contribution is 7.91. The Morgan fingerprint density at radius 1 is 1.43 bits per heavy atom. The number of amides is 1. The van der Waals surface area contributed by atoms with Gasteiger partial charge in [-0.3, -0.25) is 5.10 Å². The van der Waals surface area contributed by atoms with E-state index in [0.717, 1.165) is 5.69 Å². The van der Waals surface area contributed by atoms with Crippen molar-refractivity contribution in [3.8, 4) is 0 Å². The Labute approximate surface area is 124 Å². The van der Waals surface area contributed by atoms with Crippen molar-refractivity contribution in [3.05, 3.63) is 11.3 Å². The predicted octanol–water partition coefficient (Wildman–Crippen LogP) is 1.50. The van der Waals surface area contributed by atoms with Crippen molar-refractivity contribution in [3.63, 3.8) is 0 Å². The van der Waals surface area contributed by atoms with E-state index >= 15 is 0 Å². The zero-order chi connectivity index (χ0) is 15.8. The van der Waals surface area contributed by atoms with Gasteiger partial charge in [0, 0.05) is 24.2 Å². The standard InChI is InChI=1S/C13H21N3O4S/c1-5-21(18,19)11-9-8-16(7-6-10(9)14-15-11)12(17)20-13(2,3)4/h5-8H2,1-4H3,(H,14,15). The maximum absolute atomic E-state index is 12.1. The van der Waals surface area contributed by atoms with E-state index in [4.69, 9.17) is 4.74 Å². The third kappa shape index (κ3) is 3.37. The lowest BCUT2D eigenvalue weighted by Crippen LogP contribution is -2.40. The second-order valence-electron chi connectivity index (χ2n) is 6.04. The molecule has 1 amide bonds. The minimum Gasteiger partial charge on any atom is -0.444 e. The molecule has 8 heteroatoms. The monoisotopic (exact) mass is 315 g/mol. The van der Waals surface area contributed by atoms with Crippen molar-refractivity contribution >= 4 is 15.9 Å². The molecule has 0 saturated carbocycles. The molecule has 2 heterocycles. The number of H-pyrrole nitrogens is 1. The van der Waals surface area contributed by atoms with Crippen LogP contribution in [0.3, 0.4) is 0 Å². The van der Waals surface area contributed by atoms with Crippen molar-refractivity contribution < 1.29 is 17.9 Å². The number of ether oxygens (including phenoxy) is 1. The number of carbonyl (C=O) groups excluding carboxylic acids is 1. The first-order valence-electron chi connectivity index (χ1n) is 6.91. The molecular weight excluding hydrogens is 294 g/mol. The van der Waals surface area contributed by atoms with Crippen LogP contribution < -0.4 is 0 Å². The number of nitrogens with zero attached hydrogens (tertiary/aromatic N) is 2. The van der Waals surface area contributed by atoms with Crippen LogP contribution in [-0.4, -0.2) is 47.5 Å². The predicted molar refractivity (Wildman–Crippen MR) is 76.7 cm³/mol.